The Labute approximate surface area is 70.3 Å². The number of hydrogen-bond acceptors (Lipinski definition) is 2. The summed E-state index contributed by atoms with van der Waals surface area (Å²) in [4.78, 5) is 10.1. The summed E-state index contributed by atoms with van der Waals surface area (Å²) in [5.41, 5.74) is 0. The van der Waals surface area contributed by atoms with E-state index in [-0.39, 0.29) is 11.7 Å². The van der Waals surface area contributed by atoms with Crippen LogP contribution >= 0.6 is 0 Å². The highest BCUT2D eigenvalue weighted by Gasteiger charge is 2.06. The van der Waals surface area contributed by atoms with E-state index in [9.17, 15) is 4.79 Å². The molecule has 0 saturated carbocycles. The Bertz CT molecular complexity index is 261. The lowest BCUT2D eigenvalue weighted by Gasteiger charge is -2.09. The third-order valence-electron chi connectivity index (χ3n) is 1.58. The van der Waals surface area contributed by atoms with Crippen molar-refractivity contribution in [2.75, 3.05) is 0 Å². The van der Waals surface area contributed by atoms with E-state index < -0.39 is 5.97 Å². The average Bonchev–Trinajstić information content (AvgIpc) is 2.01. The minimum absolute atomic E-state index is 0.00565. The second-order valence-electron chi connectivity index (χ2n) is 2.61. The number of aliphatic hydroxyl groups excluding tert-OH is 1. The molecule has 1 atom stereocenters. The van der Waals surface area contributed by atoms with Gasteiger partial charge in [-0.15, -0.1) is 0 Å². The Morgan fingerprint density at radius 1 is 1.67 bits per heavy atom. The molecule has 2 N–H and O–H groups in total. The number of allylic oxidation sites excluding steroid dienone is 5. The number of aliphatic hydroxyl groups is 1. The van der Waals surface area contributed by atoms with Crippen molar-refractivity contribution in [2.24, 2.45) is 5.92 Å². The van der Waals surface area contributed by atoms with Crippen molar-refractivity contribution < 1.29 is 15.0 Å². The van der Waals surface area contributed by atoms with E-state index in [1.807, 2.05) is 6.08 Å². The maximum absolute atomic E-state index is 10.1. The van der Waals surface area contributed by atoms with Gasteiger partial charge in [0.25, 0.3) is 0 Å². The molecule has 12 heavy (non-hydrogen) atoms. The van der Waals surface area contributed by atoms with Crippen molar-refractivity contribution in [3.8, 4) is 0 Å². The van der Waals surface area contributed by atoms with E-state index in [2.05, 4.69) is 0 Å². The molecular weight excluding hydrogens is 156 g/mol. The zero-order chi connectivity index (χ0) is 8.97. The van der Waals surface area contributed by atoms with Crippen LogP contribution in [-0.4, -0.2) is 16.2 Å². The SMILES string of the molecule is O=C(O)C=CC1C=CC=C(O)C1. The van der Waals surface area contributed by atoms with E-state index >= 15 is 0 Å². The third kappa shape index (κ3) is 2.62. The summed E-state index contributed by atoms with van der Waals surface area (Å²) in [7, 11) is 0. The first kappa shape index (κ1) is 8.59. The molecule has 0 aromatic carbocycles. The van der Waals surface area contributed by atoms with Gasteiger partial charge >= 0.3 is 5.97 Å². The van der Waals surface area contributed by atoms with Crippen molar-refractivity contribution in [3.05, 3.63) is 36.1 Å². The van der Waals surface area contributed by atoms with E-state index in [1.54, 1.807) is 18.2 Å². The van der Waals surface area contributed by atoms with Gasteiger partial charge in [-0.05, 0) is 6.08 Å². The zero-order valence-electron chi connectivity index (χ0n) is 6.47. The molecule has 1 aliphatic carbocycles. The summed E-state index contributed by atoms with van der Waals surface area (Å²) < 4.78 is 0. The summed E-state index contributed by atoms with van der Waals surface area (Å²) in [6.07, 6.45) is 8.30. The Hall–Kier alpha value is -1.51. The molecule has 0 spiro atoms. The summed E-state index contributed by atoms with van der Waals surface area (Å²) in [5.74, 6) is -0.666. The molecule has 0 amide bonds. The predicted octanol–water partition coefficient (Wildman–Crippen LogP) is 1.65. The third-order valence-corrected chi connectivity index (χ3v) is 1.58. The molecule has 1 aliphatic rings. The van der Waals surface area contributed by atoms with Gasteiger partial charge < -0.3 is 10.2 Å². The summed E-state index contributed by atoms with van der Waals surface area (Å²) in [5, 5.41) is 17.4. The van der Waals surface area contributed by atoms with Crippen molar-refractivity contribution in [1.82, 2.24) is 0 Å². The predicted molar refractivity (Wildman–Crippen MR) is 44.7 cm³/mol. The van der Waals surface area contributed by atoms with Crippen LogP contribution in [0.3, 0.4) is 0 Å². The van der Waals surface area contributed by atoms with Gasteiger partial charge in [0.2, 0.25) is 0 Å². The standard InChI is InChI=1S/C9H10O3/c10-8-3-1-2-7(6-8)4-5-9(11)12/h1-5,7,10H,6H2,(H,11,12). The fourth-order valence-electron chi connectivity index (χ4n) is 1.03. The van der Waals surface area contributed by atoms with Gasteiger partial charge in [0, 0.05) is 18.4 Å². The van der Waals surface area contributed by atoms with Crippen LogP contribution in [0.2, 0.25) is 0 Å². The first-order valence-corrected chi connectivity index (χ1v) is 3.66. The Balaban J connectivity index is 2.52. The number of rotatable bonds is 2. The second-order valence-corrected chi connectivity index (χ2v) is 2.61. The van der Waals surface area contributed by atoms with E-state index in [1.165, 1.54) is 0 Å². The molecule has 0 radical (unpaired) electrons. The van der Waals surface area contributed by atoms with Crippen LogP contribution in [0.4, 0.5) is 0 Å². The quantitative estimate of drug-likeness (QED) is 0.613. The molecule has 0 bridgehead atoms. The molecule has 0 aromatic rings. The fraction of sp³-hybridized carbons (Fsp3) is 0.222. The van der Waals surface area contributed by atoms with Crippen LogP contribution in [0.15, 0.2) is 36.1 Å². The molecular formula is C9H10O3. The normalized spacial score (nSPS) is 22.7. The largest absolute Gasteiger partial charge is 0.512 e. The highest BCUT2D eigenvalue weighted by molar-refractivity contribution is 5.79. The van der Waals surface area contributed by atoms with Crippen LogP contribution in [0.1, 0.15) is 6.42 Å². The number of hydrogen-bond donors (Lipinski definition) is 2. The van der Waals surface area contributed by atoms with Crippen molar-refractivity contribution in [1.29, 1.82) is 0 Å². The molecule has 3 heteroatoms. The van der Waals surface area contributed by atoms with Crippen molar-refractivity contribution >= 4 is 5.97 Å². The molecule has 0 heterocycles. The molecule has 64 valence electrons. The van der Waals surface area contributed by atoms with Crippen LogP contribution in [0.5, 0.6) is 0 Å². The lowest BCUT2D eigenvalue weighted by atomic mass is 9.99. The number of carboxylic acid groups (broad SMARTS) is 1. The van der Waals surface area contributed by atoms with Gasteiger partial charge in [-0.3, -0.25) is 0 Å². The monoisotopic (exact) mass is 166 g/mol. The second kappa shape index (κ2) is 3.76. The lowest BCUT2D eigenvalue weighted by molar-refractivity contribution is -0.131. The molecule has 1 rings (SSSR count). The van der Waals surface area contributed by atoms with Crippen LogP contribution in [0, 0.1) is 5.92 Å². The summed E-state index contributed by atoms with van der Waals surface area (Å²) >= 11 is 0. The van der Waals surface area contributed by atoms with Gasteiger partial charge in [-0.25, -0.2) is 4.79 Å². The van der Waals surface area contributed by atoms with Gasteiger partial charge in [0.1, 0.15) is 0 Å². The molecule has 0 aromatic heterocycles. The Kier molecular flexibility index (Phi) is 2.69. The van der Waals surface area contributed by atoms with Crippen molar-refractivity contribution in [2.45, 2.75) is 6.42 Å². The molecule has 0 fully saturated rings. The zero-order valence-corrected chi connectivity index (χ0v) is 6.47. The molecule has 0 saturated heterocycles. The molecule has 1 unspecified atom stereocenters. The van der Waals surface area contributed by atoms with E-state index in [0.717, 1.165) is 6.08 Å². The average molecular weight is 166 g/mol. The lowest BCUT2D eigenvalue weighted by Crippen LogP contribution is -1.99. The van der Waals surface area contributed by atoms with Gasteiger partial charge in [-0.2, -0.15) is 0 Å². The summed E-state index contributed by atoms with van der Waals surface area (Å²) in [6.45, 7) is 0. The highest BCUT2D eigenvalue weighted by atomic mass is 16.4. The van der Waals surface area contributed by atoms with Gasteiger partial charge in [0.15, 0.2) is 0 Å². The summed E-state index contributed by atoms with van der Waals surface area (Å²) in [6, 6.07) is 0. The maximum Gasteiger partial charge on any atom is 0.327 e. The van der Waals surface area contributed by atoms with E-state index in [4.69, 9.17) is 10.2 Å². The highest BCUT2D eigenvalue weighted by Crippen LogP contribution is 2.17. The van der Waals surface area contributed by atoms with Crippen LogP contribution in [-0.2, 0) is 4.79 Å². The van der Waals surface area contributed by atoms with Crippen LogP contribution < -0.4 is 0 Å². The Morgan fingerprint density at radius 3 is 3.00 bits per heavy atom. The number of carbonyl (C=O) groups is 1. The topological polar surface area (TPSA) is 57.5 Å². The minimum Gasteiger partial charge on any atom is -0.512 e. The smallest absolute Gasteiger partial charge is 0.327 e. The Morgan fingerprint density at radius 2 is 2.42 bits per heavy atom. The first-order valence-electron chi connectivity index (χ1n) is 3.66. The first-order chi connectivity index (χ1) is 5.68. The molecule has 0 aliphatic heterocycles. The van der Waals surface area contributed by atoms with Gasteiger partial charge in [0.05, 0.1) is 5.76 Å². The maximum atomic E-state index is 10.1. The number of carboxylic acids is 1. The van der Waals surface area contributed by atoms with E-state index in [0.29, 0.717) is 6.42 Å². The van der Waals surface area contributed by atoms with Gasteiger partial charge in [-0.1, -0.05) is 18.2 Å². The minimum atomic E-state index is -0.961. The van der Waals surface area contributed by atoms with Crippen LogP contribution in [0.25, 0.3) is 0 Å². The number of aliphatic carboxylic acids is 1. The fourth-order valence-corrected chi connectivity index (χ4v) is 1.03. The molecule has 3 nitrogen and oxygen atoms in total. The van der Waals surface area contributed by atoms with Crippen molar-refractivity contribution in [3.63, 3.8) is 0 Å².